The Morgan fingerprint density at radius 1 is 1.26 bits per heavy atom. The Hall–Kier alpha value is -2.13. The van der Waals surface area contributed by atoms with Crippen molar-refractivity contribution in [2.45, 2.75) is 24.4 Å². The van der Waals surface area contributed by atoms with Crippen LogP contribution in [0.4, 0.5) is 13.2 Å². The van der Waals surface area contributed by atoms with E-state index in [9.17, 15) is 21.6 Å². The topological polar surface area (TPSA) is 78.0 Å². The number of sulfonamides is 1. The van der Waals surface area contributed by atoms with Crippen molar-refractivity contribution in [1.82, 2.24) is 9.55 Å². The number of nitrogens with zero attached hydrogens (tertiary/aromatic N) is 2. The Balaban J connectivity index is 2.53. The van der Waals surface area contributed by atoms with Gasteiger partial charge in [-0.25, -0.2) is 18.5 Å². The summed E-state index contributed by atoms with van der Waals surface area (Å²) in [5, 5.41) is 5.00. The molecule has 124 valence electrons. The molecule has 0 radical (unpaired) electrons. The molecule has 1 aromatic heterocycles. The zero-order valence-corrected chi connectivity index (χ0v) is 12.9. The fourth-order valence-corrected chi connectivity index (χ4v) is 2.39. The molecule has 23 heavy (non-hydrogen) atoms. The predicted octanol–water partition coefficient (Wildman–Crippen LogP) is 2.96. The number of imidazole rings is 1. The van der Waals surface area contributed by atoms with Crippen LogP contribution in [-0.2, 0) is 16.2 Å². The minimum Gasteiger partial charge on any atom is -0.300 e. The molecule has 0 unspecified atom stereocenters. The molecule has 0 aliphatic heterocycles. The monoisotopic (exact) mass is 345 g/mol. The van der Waals surface area contributed by atoms with Crippen LogP contribution in [0.5, 0.6) is 0 Å². The zero-order chi connectivity index (χ0) is 17.3. The second-order valence-corrected chi connectivity index (χ2v) is 6.26. The molecule has 0 amide bonds. The summed E-state index contributed by atoms with van der Waals surface area (Å²) in [4.78, 5) is 3.45. The molecule has 0 aliphatic rings. The normalized spacial score (nSPS) is 12.9. The average Bonchev–Trinajstić information content (AvgIpc) is 2.88. The van der Waals surface area contributed by atoms with E-state index in [-0.39, 0.29) is 10.7 Å². The molecule has 0 bridgehead atoms. The summed E-state index contributed by atoms with van der Waals surface area (Å²) in [6.07, 6.45) is 0.0843. The molecule has 0 saturated carbocycles. The second kappa shape index (κ2) is 6.17. The number of primary sulfonamides is 1. The van der Waals surface area contributed by atoms with Gasteiger partial charge in [-0.15, -0.1) is 0 Å². The predicted molar refractivity (Wildman–Crippen MR) is 79.3 cm³/mol. The number of nitrogens with two attached hydrogens (primary N) is 1. The van der Waals surface area contributed by atoms with E-state index in [1.54, 1.807) is 6.08 Å². The van der Waals surface area contributed by atoms with Crippen LogP contribution in [0.25, 0.3) is 11.8 Å². The fourth-order valence-electron chi connectivity index (χ4n) is 1.88. The molecule has 0 saturated heterocycles. The summed E-state index contributed by atoms with van der Waals surface area (Å²) < 4.78 is 62.2. The minimum absolute atomic E-state index is 0.0996. The Morgan fingerprint density at radius 3 is 2.35 bits per heavy atom. The van der Waals surface area contributed by atoms with Gasteiger partial charge < -0.3 is 0 Å². The van der Waals surface area contributed by atoms with Crippen LogP contribution in [0.15, 0.2) is 41.4 Å². The van der Waals surface area contributed by atoms with Gasteiger partial charge in [0.05, 0.1) is 4.90 Å². The van der Waals surface area contributed by atoms with Crippen molar-refractivity contribution in [3.63, 3.8) is 0 Å². The number of halogens is 3. The van der Waals surface area contributed by atoms with Crippen LogP contribution in [-0.4, -0.2) is 18.0 Å². The van der Waals surface area contributed by atoms with Crippen LogP contribution in [0.1, 0.15) is 24.9 Å². The van der Waals surface area contributed by atoms with Gasteiger partial charge in [-0.2, -0.15) is 13.2 Å². The van der Waals surface area contributed by atoms with Crippen molar-refractivity contribution in [3.8, 4) is 5.69 Å². The molecule has 1 heterocycles. The van der Waals surface area contributed by atoms with Crippen LogP contribution in [0.2, 0.25) is 0 Å². The van der Waals surface area contributed by atoms with E-state index < -0.39 is 21.9 Å². The van der Waals surface area contributed by atoms with Gasteiger partial charge in [-0.3, -0.25) is 4.57 Å². The lowest BCUT2D eigenvalue weighted by Crippen LogP contribution is -2.12. The summed E-state index contributed by atoms with van der Waals surface area (Å²) in [5.74, 6) is 0.0996. The number of hydrogen-bond donors (Lipinski definition) is 1. The molecule has 2 rings (SSSR count). The third-order valence-electron chi connectivity index (χ3n) is 2.97. The Bertz CT molecular complexity index is 822. The minimum atomic E-state index is -4.57. The van der Waals surface area contributed by atoms with E-state index in [1.165, 1.54) is 34.9 Å². The lowest BCUT2D eigenvalue weighted by molar-refractivity contribution is -0.140. The largest absolute Gasteiger partial charge is 0.434 e. The van der Waals surface area contributed by atoms with E-state index in [4.69, 9.17) is 5.14 Å². The maximum absolute atomic E-state index is 12.8. The van der Waals surface area contributed by atoms with Crippen molar-refractivity contribution in [2.24, 2.45) is 5.14 Å². The number of rotatable bonds is 4. The van der Waals surface area contributed by atoms with Crippen molar-refractivity contribution in [2.75, 3.05) is 0 Å². The Labute approximate surface area is 131 Å². The summed E-state index contributed by atoms with van der Waals surface area (Å²) in [7, 11) is -3.86. The number of allylic oxidation sites excluding steroid dienone is 1. The molecule has 2 N–H and O–H groups in total. The first-order chi connectivity index (χ1) is 10.6. The summed E-state index contributed by atoms with van der Waals surface area (Å²) in [5.41, 5.74) is -0.681. The van der Waals surface area contributed by atoms with E-state index in [0.29, 0.717) is 12.1 Å². The maximum Gasteiger partial charge on any atom is 0.434 e. The molecule has 0 atom stereocenters. The quantitative estimate of drug-likeness (QED) is 0.925. The molecule has 1 aromatic carbocycles. The molecular formula is C14H14F3N3O2S. The lowest BCUT2D eigenvalue weighted by Gasteiger charge is -2.06. The first kappa shape index (κ1) is 17.2. The van der Waals surface area contributed by atoms with Gasteiger partial charge in [0.2, 0.25) is 10.0 Å². The number of hydrogen-bond acceptors (Lipinski definition) is 3. The SMILES string of the molecule is CC/C=C/c1nc(C(F)(F)F)cn1-c1ccc(S(N)(=O)=O)cc1. The van der Waals surface area contributed by atoms with Crippen LogP contribution < -0.4 is 5.14 Å². The number of alkyl halides is 3. The first-order valence-corrected chi connectivity index (χ1v) is 8.14. The molecule has 9 heteroatoms. The molecule has 0 spiro atoms. The molecule has 2 aromatic rings. The van der Waals surface area contributed by atoms with Gasteiger partial charge in [-0.1, -0.05) is 13.0 Å². The first-order valence-electron chi connectivity index (χ1n) is 6.59. The van der Waals surface area contributed by atoms with Crippen molar-refractivity contribution < 1.29 is 21.6 Å². The summed E-state index contributed by atoms with van der Waals surface area (Å²) >= 11 is 0. The highest BCUT2D eigenvalue weighted by molar-refractivity contribution is 7.89. The Kier molecular flexibility index (Phi) is 4.62. The van der Waals surface area contributed by atoms with Crippen LogP contribution in [0, 0.1) is 0 Å². The van der Waals surface area contributed by atoms with Crippen molar-refractivity contribution in [3.05, 3.63) is 48.1 Å². The highest BCUT2D eigenvalue weighted by Gasteiger charge is 2.34. The van der Waals surface area contributed by atoms with Gasteiger partial charge >= 0.3 is 6.18 Å². The fraction of sp³-hybridized carbons (Fsp3) is 0.214. The lowest BCUT2D eigenvalue weighted by atomic mass is 10.3. The maximum atomic E-state index is 12.8. The number of benzene rings is 1. The van der Waals surface area contributed by atoms with Gasteiger partial charge in [0.25, 0.3) is 0 Å². The zero-order valence-electron chi connectivity index (χ0n) is 12.1. The number of aromatic nitrogens is 2. The van der Waals surface area contributed by atoms with E-state index in [0.717, 1.165) is 6.20 Å². The van der Waals surface area contributed by atoms with Gasteiger partial charge in [-0.05, 0) is 36.8 Å². The highest BCUT2D eigenvalue weighted by Crippen LogP contribution is 2.30. The van der Waals surface area contributed by atoms with Crippen LogP contribution >= 0.6 is 0 Å². The van der Waals surface area contributed by atoms with E-state index in [2.05, 4.69) is 4.98 Å². The van der Waals surface area contributed by atoms with Gasteiger partial charge in [0.15, 0.2) is 5.69 Å². The molecule has 0 fully saturated rings. The van der Waals surface area contributed by atoms with E-state index in [1.807, 2.05) is 6.92 Å². The van der Waals surface area contributed by atoms with Crippen LogP contribution in [0.3, 0.4) is 0 Å². The highest BCUT2D eigenvalue weighted by atomic mass is 32.2. The smallest absolute Gasteiger partial charge is 0.300 e. The van der Waals surface area contributed by atoms with Gasteiger partial charge in [0.1, 0.15) is 5.82 Å². The average molecular weight is 345 g/mol. The Morgan fingerprint density at radius 2 is 1.87 bits per heavy atom. The standard InChI is InChI=1S/C14H14F3N3O2S/c1-2-3-4-13-19-12(14(15,16)17)9-20(13)10-5-7-11(8-6-10)23(18,21)22/h3-9H,2H2,1H3,(H2,18,21,22)/b4-3+. The van der Waals surface area contributed by atoms with Crippen molar-refractivity contribution in [1.29, 1.82) is 0 Å². The van der Waals surface area contributed by atoms with Gasteiger partial charge in [0, 0.05) is 11.9 Å². The third kappa shape index (κ3) is 3.99. The summed E-state index contributed by atoms with van der Waals surface area (Å²) in [6, 6.07) is 5.19. The molecular weight excluding hydrogens is 331 g/mol. The third-order valence-corrected chi connectivity index (χ3v) is 3.90. The summed E-state index contributed by atoms with van der Waals surface area (Å²) in [6.45, 7) is 1.84. The molecule has 5 nitrogen and oxygen atoms in total. The van der Waals surface area contributed by atoms with Crippen molar-refractivity contribution >= 4 is 16.1 Å². The van der Waals surface area contributed by atoms with E-state index >= 15 is 0 Å². The molecule has 0 aliphatic carbocycles. The second-order valence-electron chi connectivity index (χ2n) is 4.70.